The molecule has 0 aliphatic heterocycles. The zero-order chi connectivity index (χ0) is 7.84. The van der Waals surface area contributed by atoms with E-state index in [2.05, 4.69) is 20.9 Å². The minimum Gasteiger partial charge on any atom is -0.225 e. The van der Waals surface area contributed by atoms with Crippen molar-refractivity contribution in [2.45, 2.75) is 0 Å². The zero-order valence-electron chi connectivity index (χ0n) is 5.34. The summed E-state index contributed by atoms with van der Waals surface area (Å²) in [5.41, 5.74) is 0.953. The van der Waals surface area contributed by atoms with Crippen LogP contribution in [-0.4, -0.2) is 4.98 Å². The highest BCUT2D eigenvalue weighted by Crippen LogP contribution is 2.27. The second-order valence-electron chi connectivity index (χ2n) is 2.08. The van der Waals surface area contributed by atoms with Crippen LogP contribution in [0.5, 0.6) is 0 Å². The molecule has 0 bridgehead atoms. The van der Waals surface area contributed by atoms with Gasteiger partial charge in [0, 0.05) is 4.47 Å². The highest BCUT2D eigenvalue weighted by Gasteiger charge is 2.00. The summed E-state index contributed by atoms with van der Waals surface area (Å²) in [4.78, 5) is 4.13. The lowest BCUT2D eigenvalue weighted by atomic mass is 10.3. The summed E-state index contributed by atoms with van der Waals surface area (Å²) in [6, 6.07) is 5.94. The van der Waals surface area contributed by atoms with Crippen LogP contribution < -0.4 is 0 Å². The Bertz CT molecular complexity index is 398. The monoisotopic (exact) mass is 247 g/mol. The van der Waals surface area contributed by atoms with Gasteiger partial charge >= 0.3 is 0 Å². The number of rotatable bonds is 0. The first-order valence-corrected chi connectivity index (χ1v) is 4.96. The molecule has 1 heterocycles. The summed E-state index contributed by atoms with van der Waals surface area (Å²) < 4.78 is 2.75. The second-order valence-corrected chi connectivity index (χ2v) is 4.61. The summed E-state index contributed by atoms with van der Waals surface area (Å²) in [7, 11) is 0. The number of halogens is 2. The third-order valence-corrected chi connectivity index (χ3v) is 2.96. The van der Waals surface area contributed by atoms with Crippen LogP contribution in [-0.2, 0) is 0 Å². The first kappa shape index (κ1) is 7.53. The van der Waals surface area contributed by atoms with Crippen molar-refractivity contribution in [3.63, 3.8) is 0 Å². The van der Waals surface area contributed by atoms with Gasteiger partial charge in [0.2, 0.25) is 0 Å². The van der Waals surface area contributed by atoms with Gasteiger partial charge in [0.05, 0.1) is 10.2 Å². The Labute approximate surface area is 81.1 Å². The summed E-state index contributed by atoms with van der Waals surface area (Å²) in [5.74, 6) is 0. The van der Waals surface area contributed by atoms with E-state index >= 15 is 0 Å². The normalized spacial score (nSPS) is 10.7. The predicted octanol–water partition coefficient (Wildman–Crippen LogP) is 3.71. The molecule has 1 nitrogen and oxygen atoms in total. The smallest absolute Gasteiger partial charge is 0.184 e. The SMILES string of the molecule is Clc1nc2cc(Br)ccc2s1. The molecule has 0 fully saturated rings. The van der Waals surface area contributed by atoms with Gasteiger partial charge in [0.25, 0.3) is 0 Å². The molecule has 0 aliphatic carbocycles. The van der Waals surface area contributed by atoms with E-state index in [1.807, 2.05) is 18.2 Å². The molecule has 4 heteroatoms. The maximum absolute atomic E-state index is 5.73. The van der Waals surface area contributed by atoms with Crippen molar-refractivity contribution in [3.05, 3.63) is 27.1 Å². The lowest BCUT2D eigenvalue weighted by Crippen LogP contribution is -1.66. The number of benzene rings is 1. The second kappa shape index (κ2) is 2.73. The molecule has 1 aromatic heterocycles. The van der Waals surface area contributed by atoms with E-state index in [9.17, 15) is 0 Å². The molecule has 0 aliphatic rings. The average Bonchev–Trinajstić information content (AvgIpc) is 2.27. The molecular formula is C7H3BrClNS. The lowest BCUT2D eigenvalue weighted by molar-refractivity contribution is 1.49. The molecule has 0 radical (unpaired) electrons. The summed E-state index contributed by atoms with van der Waals surface area (Å²) in [5, 5.41) is 0. The van der Waals surface area contributed by atoms with Crippen molar-refractivity contribution in [2.24, 2.45) is 0 Å². The Balaban J connectivity index is 2.82. The van der Waals surface area contributed by atoms with Gasteiger partial charge in [-0.1, -0.05) is 27.5 Å². The largest absolute Gasteiger partial charge is 0.225 e. The fraction of sp³-hybridized carbons (Fsp3) is 0. The molecular weight excluding hydrogens is 246 g/mol. The number of hydrogen-bond donors (Lipinski definition) is 0. The van der Waals surface area contributed by atoms with Crippen LogP contribution >= 0.6 is 38.9 Å². The lowest BCUT2D eigenvalue weighted by Gasteiger charge is -1.86. The molecule has 56 valence electrons. The summed E-state index contributed by atoms with van der Waals surface area (Å²) in [6.45, 7) is 0. The summed E-state index contributed by atoms with van der Waals surface area (Å²) >= 11 is 10.6. The highest BCUT2D eigenvalue weighted by atomic mass is 79.9. The first-order valence-electron chi connectivity index (χ1n) is 2.97. The third-order valence-electron chi connectivity index (χ3n) is 1.32. The molecule has 0 atom stereocenters. The fourth-order valence-corrected chi connectivity index (χ4v) is 2.23. The average molecular weight is 249 g/mol. The van der Waals surface area contributed by atoms with Crippen LogP contribution in [0.2, 0.25) is 4.47 Å². The summed E-state index contributed by atoms with van der Waals surface area (Å²) in [6.07, 6.45) is 0. The van der Waals surface area contributed by atoms with Crippen molar-refractivity contribution in [3.8, 4) is 0 Å². The molecule has 1 aromatic carbocycles. The Morgan fingerprint density at radius 2 is 2.27 bits per heavy atom. The van der Waals surface area contributed by atoms with Crippen molar-refractivity contribution in [2.75, 3.05) is 0 Å². The maximum atomic E-state index is 5.73. The van der Waals surface area contributed by atoms with Gasteiger partial charge in [-0.3, -0.25) is 0 Å². The van der Waals surface area contributed by atoms with Gasteiger partial charge in [-0.05, 0) is 18.2 Å². The topological polar surface area (TPSA) is 12.9 Å². The molecule has 2 rings (SSSR count). The molecule has 0 unspecified atom stereocenters. The Morgan fingerprint density at radius 3 is 3.09 bits per heavy atom. The van der Waals surface area contributed by atoms with Gasteiger partial charge in [0.15, 0.2) is 4.47 Å². The zero-order valence-corrected chi connectivity index (χ0v) is 8.50. The predicted molar refractivity (Wildman–Crippen MR) is 52.3 cm³/mol. The minimum atomic E-state index is 0.595. The maximum Gasteiger partial charge on any atom is 0.184 e. The van der Waals surface area contributed by atoms with E-state index in [0.717, 1.165) is 14.7 Å². The van der Waals surface area contributed by atoms with Crippen LogP contribution in [0.3, 0.4) is 0 Å². The fourth-order valence-electron chi connectivity index (χ4n) is 0.872. The van der Waals surface area contributed by atoms with Gasteiger partial charge in [0.1, 0.15) is 0 Å². The molecule has 0 N–H and O–H groups in total. The molecule has 2 aromatic rings. The number of aromatic nitrogens is 1. The van der Waals surface area contributed by atoms with E-state index in [1.165, 1.54) is 11.3 Å². The van der Waals surface area contributed by atoms with Crippen LogP contribution in [0, 0.1) is 0 Å². The van der Waals surface area contributed by atoms with Crippen molar-refractivity contribution >= 4 is 49.1 Å². The van der Waals surface area contributed by atoms with E-state index in [1.54, 1.807) is 0 Å². The van der Waals surface area contributed by atoms with E-state index in [4.69, 9.17) is 11.6 Å². The highest BCUT2D eigenvalue weighted by molar-refractivity contribution is 9.10. The van der Waals surface area contributed by atoms with Crippen molar-refractivity contribution < 1.29 is 0 Å². The molecule has 0 saturated heterocycles. The molecule has 0 saturated carbocycles. The van der Waals surface area contributed by atoms with E-state index in [0.29, 0.717) is 4.47 Å². The van der Waals surface area contributed by atoms with Crippen LogP contribution in [0.25, 0.3) is 10.2 Å². The molecule has 0 spiro atoms. The standard InChI is InChI=1S/C7H3BrClNS/c8-4-1-2-6-5(3-4)10-7(9)11-6/h1-3H. The number of nitrogens with zero attached hydrogens (tertiary/aromatic N) is 1. The Hall–Kier alpha value is -0.120. The number of fused-ring (bicyclic) bond motifs is 1. The van der Waals surface area contributed by atoms with Crippen LogP contribution in [0.15, 0.2) is 22.7 Å². The number of hydrogen-bond acceptors (Lipinski definition) is 2. The minimum absolute atomic E-state index is 0.595. The quantitative estimate of drug-likeness (QED) is 0.692. The van der Waals surface area contributed by atoms with Crippen molar-refractivity contribution in [1.82, 2.24) is 4.98 Å². The number of thiazole rings is 1. The Morgan fingerprint density at radius 1 is 1.45 bits per heavy atom. The first-order chi connectivity index (χ1) is 5.25. The third kappa shape index (κ3) is 1.41. The van der Waals surface area contributed by atoms with Gasteiger partial charge in [-0.25, -0.2) is 4.98 Å². The van der Waals surface area contributed by atoms with Crippen molar-refractivity contribution in [1.29, 1.82) is 0 Å². The van der Waals surface area contributed by atoms with Crippen LogP contribution in [0.1, 0.15) is 0 Å². The van der Waals surface area contributed by atoms with Crippen LogP contribution in [0.4, 0.5) is 0 Å². The van der Waals surface area contributed by atoms with E-state index in [-0.39, 0.29) is 0 Å². The van der Waals surface area contributed by atoms with Gasteiger partial charge in [-0.15, -0.1) is 11.3 Å². The van der Waals surface area contributed by atoms with Gasteiger partial charge in [-0.2, -0.15) is 0 Å². The Kier molecular flexibility index (Phi) is 1.87. The van der Waals surface area contributed by atoms with Gasteiger partial charge < -0.3 is 0 Å². The molecule has 0 amide bonds. The molecule has 11 heavy (non-hydrogen) atoms. The van der Waals surface area contributed by atoms with E-state index < -0.39 is 0 Å².